The van der Waals surface area contributed by atoms with E-state index in [0.717, 1.165) is 29.5 Å². The maximum atomic E-state index is 14.6. The Morgan fingerprint density at radius 3 is 2.38 bits per heavy atom. The molecule has 2 amide bonds. The fourth-order valence-electron chi connectivity index (χ4n) is 6.74. The quantitative estimate of drug-likeness (QED) is 0.216. The number of aliphatic hydroxyl groups excluding tert-OH is 1. The van der Waals surface area contributed by atoms with Crippen LogP contribution in [0.3, 0.4) is 0 Å². The molecule has 7 nitrogen and oxygen atoms in total. The molecule has 222 valence electrons. The zero-order chi connectivity index (χ0) is 30.2. The van der Waals surface area contributed by atoms with Crippen molar-refractivity contribution in [2.24, 2.45) is 5.92 Å². The highest BCUT2D eigenvalue weighted by Crippen LogP contribution is 2.60. The van der Waals surface area contributed by atoms with Crippen LogP contribution >= 0.6 is 45.2 Å². The molecule has 1 spiro atoms. The van der Waals surface area contributed by atoms with Crippen molar-refractivity contribution in [1.82, 2.24) is 4.90 Å². The average molecular weight is 811 g/mol. The van der Waals surface area contributed by atoms with E-state index in [1.54, 1.807) is 9.80 Å². The third-order valence-electron chi connectivity index (χ3n) is 8.49. The molecule has 2 aliphatic rings. The van der Waals surface area contributed by atoms with E-state index in [-0.39, 0.29) is 42.8 Å². The van der Waals surface area contributed by atoms with Crippen LogP contribution < -0.4 is 4.90 Å². The minimum atomic E-state index is -2.92. The molecule has 3 aromatic rings. The first kappa shape index (κ1) is 31.6. The molecule has 4 atom stereocenters. The number of halogens is 2. The molecule has 2 N–H and O–H groups in total. The van der Waals surface area contributed by atoms with Crippen molar-refractivity contribution in [2.45, 2.75) is 56.8 Å². The molecule has 0 aromatic heterocycles. The van der Waals surface area contributed by atoms with Gasteiger partial charge in [-0.25, -0.2) is 0 Å². The molecule has 1 saturated heterocycles. The van der Waals surface area contributed by atoms with Crippen LogP contribution in [0.1, 0.15) is 30.0 Å². The Morgan fingerprint density at radius 2 is 1.71 bits per heavy atom. The molecule has 10 heteroatoms. The van der Waals surface area contributed by atoms with Crippen molar-refractivity contribution < 1.29 is 24.2 Å². The van der Waals surface area contributed by atoms with Crippen LogP contribution in [0, 0.1) is 13.1 Å². The zero-order valence-electron chi connectivity index (χ0n) is 24.0. The maximum absolute atomic E-state index is 14.6. The van der Waals surface area contributed by atoms with E-state index in [1.165, 1.54) is 0 Å². The number of amides is 2. The summed E-state index contributed by atoms with van der Waals surface area (Å²) in [5.74, 6) is -0.678. The Hall–Kier alpha value is -1.84. The monoisotopic (exact) mass is 810 g/mol. The van der Waals surface area contributed by atoms with Crippen LogP contribution in [0.4, 0.5) is 5.69 Å². The van der Waals surface area contributed by atoms with Gasteiger partial charge in [0.25, 0.3) is 5.91 Å². The molecule has 0 unspecified atom stereocenters. The summed E-state index contributed by atoms with van der Waals surface area (Å²) >= 11 is 4.53. The van der Waals surface area contributed by atoms with E-state index in [1.807, 2.05) is 86.7 Å². The van der Waals surface area contributed by atoms with Crippen molar-refractivity contribution in [3.8, 4) is 0 Å². The number of nitrogens with zero attached hydrogens (tertiary/aromatic N) is 2. The number of carbonyl (C=O) groups excluding carboxylic acids is 2. The summed E-state index contributed by atoms with van der Waals surface area (Å²) in [5.41, 5.74) is 1.92. The first-order valence-corrected chi connectivity index (χ1v) is 19.3. The number of benzene rings is 3. The second kappa shape index (κ2) is 12.6. The number of rotatable bonds is 9. The smallest absolute Gasteiger partial charge is 0.264 e. The molecule has 0 aliphatic carbocycles. The fourth-order valence-corrected chi connectivity index (χ4v) is 10.4. The van der Waals surface area contributed by atoms with Gasteiger partial charge in [-0.1, -0.05) is 49.4 Å². The van der Waals surface area contributed by atoms with Crippen molar-refractivity contribution in [3.05, 3.63) is 96.6 Å². The first-order valence-electron chi connectivity index (χ1n) is 14.1. The summed E-state index contributed by atoms with van der Waals surface area (Å²) in [4.78, 5) is 43.4. The minimum Gasteiger partial charge on any atom is -0.432 e. The predicted octanol–water partition coefficient (Wildman–Crippen LogP) is 5.65. The van der Waals surface area contributed by atoms with Crippen LogP contribution in [-0.4, -0.2) is 54.2 Å². The van der Waals surface area contributed by atoms with E-state index in [0.29, 0.717) is 13.1 Å². The number of ether oxygens (including phenoxy) is 1. The molecule has 3 aromatic carbocycles. The number of anilines is 1. The van der Waals surface area contributed by atoms with Crippen LogP contribution in [0.15, 0.2) is 72.8 Å². The van der Waals surface area contributed by atoms with Crippen molar-refractivity contribution >= 4 is 71.0 Å². The highest BCUT2D eigenvalue weighted by Gasteiger charge is 2.66. The SMILES string of the molecule is C[C@@H]1[C@@H]([Si](C)(C)O)[C@H](CC(=O)N(CCO)Cc2ccccc2)O[C@@]12C(=O)N(Cc1cccc(I)c1)c1ccc(I)cc12. The molecule has 0 radical (unpaired) electrons. The first-order chi connectivity index (χ1) is 20.0. The lowest BCUT2D eigenvalue weighted by Crippen LogP contribution is -2.46. The summed E-state index contributed by atoms with van der Waals surface area (Å²) in [6.07, 6.45) is -0.632. The maximum Gasteiger partial charge on any atom is 0.264 e. The summed E-state index contributed by atoms with van der Waals surface area (Å²) < 4.78 is 8.94. The van der Waals surface area contributed by atoms with Gasteiger partial charge in [0.05, 0.1) is 31.4 Å². The van der Waals surface area contributed by atoms with Crippen molar-refractivity contribution in [1.29, 1.82) is 0 Å². The fraction of sp³-hybridized carbons (Fsp3) is 0.375. The number of hydrogen-bond donors (Lipinski definition) is 2. The third kappa shape index (κ3) is 6.07. The average Bonchev–Trinajstić information content (AvgIpc) is 3.35. The largest absolute Gasteiger partial charge is 0.432 e. The van der Waals surface area contributed by atoms with Crippen LogP contribution in [0.25, 0.3) is 0 Å². The lowest BCUT2D eigenvalue weighted by Gasteiger charge is -2.32. The second-order valence-electron chi connectivity index (χ2n) is 11.8. The highest BCUT2D eigenvalue weighted by atomic mass is 127. The van der Waals surface area contributed by atoms with Crippen molar-refractivity contribution in [2.75, 3.05) is 18.1 Å². The van der Waals surface area contributed by atoms with E-state index in [9.17, 15) is 19.5 Å². The topological polar surface area (TPSA) is 90.3 Å². The molecule has 42 heavy (non-hydrogen) atoms. The van der Waals surface area contributed by atoms with E-state index in [4.69, 9.17) is 4.74 Å². The van der Waals surface area contributed by atoms with Gasteiger partial charge in [-0.2, -0.15) is 0 Å². The summed E-state index contributed by atoms with van der Waals surface area (Å²) in [6.45, 7) is 6.51. The summed E-state index contributed by atoms with van der Waals surface area (Å²) in [5, 5.41) is 9.74. The van der Waals surface area contributed by atoms with Gasteiger partial charge < -0.3 is 24.4 Å². The van der Waals surface area contributed by atoms with Gasteiger partial charge in [-0.3, -0.25) is 9.59 Å². The molecule has 0 saturated carbocycles. The zero-order valence-corrected chi connectivity index (χ0v) is 29.3. The van der Waals surface area contributed by atoms with Gasteiger partial charge in [0, 0.05) is 37.3 Å². The number of aliphatic hydroxyl groups is 1. The number of carbonyl (C=O) groups is 2. The van der Waals surface area contributed by atoms with E-state index < -0.39 is 20.0 Å². The Morgan fingerprint density at radius 1 is 1.02 bits per heavy atom. The molecule has 5 rings (SSSR count). The van der Waals surface area contributed by atoms with Crippen molar-refractivity contribution in [3.63, 3.8) is 0 Å². The van der Waals surface area contributed by atoms with Gasteiger partial charge in [0.15, 0.2) is 13.9 Å². The van der Waals surface area contributed by atoms with Crippen LogP contribution in [-0.2, 0) is 33.0 Å². The Kier molecular flexibility index (Phi) is 9.50. The van der Waals surface area contributed by atoms with Crippen LogP contribution in [0.2, 0.25) is 18.6 Å². The second-order valence-corrected chi connectivity index (χ2v) is 18.2. The minimum absolute atomic E-state index is 0.0179. The van der Waals surface area contributed by atoms with Gasteiger partial charge in [0.2, 0.25) is 5.91 Å². The lowest BCUT2D eigenvalue weighted by molar-refractivity contribution is -0.150. The molecule has 1 fully saturated rings. The standard InChI is InChI=1S/C32H36I2N2O5Si/c1-21-30(42(2,3)40)28(18-29(38)35(14-15-37)19-22-8-5-4-6-9-22)41-32(21)26-17-25(34)12-13-27(26)36(31(32)39)20-23-10-7-11-24(33)16-23/h4-13,16-17,21,28,30,37,40H,14-15,18-20H2,1-3H3/t21-,28+,30-,32+/m1/s1. The van der Waals surface area contributed by atoms with Gasteiger partial charge in [0.1, 0.15) is 0 Å². The summed E-state index contributed by atoms with van der Waals surface area (Å²) in [6, 6.07) is 23.7. The van der Waals surface area contributed by atoms with Gasteiger partial charge >= 0.3 is 0 Å². The third-order valence-corrected chi connectivity index (χ3v) is 12.3. The molecule has 2 aliphatic heterocycles. The summed E-state index contributed by atoms with van der Waals surface area (Å²) in [7, 11) is -2.92. The van der Waals surface area contributed by atoms with Gasteiger partial charge in [-0.15, -0.1) is 0 Å². The predicted molar refractivity (Wildman–Crippen MR) is 182 cm³/mol. The molecular weight excluding hydrogens is 774 g/mol. The van der Waals surface area contributed by atoms with E-state index >= 15 is 0 Å². The lowest BCUT2D eigenvalue weighted by atomic mass is 9.82. The molecule has 0 bridgehead atoms. The Balaban J connectivity index is 1.51. The molecule has 2 heterocycles. The number of fused-ring (bicyclic) bond motifs is 2. The molecular formula is C32H36I2N2O5Si. The highest BCUT2D eigenvalue weighted by molar-refractivity contribution is 14.1. The van der Waals surface area contributed by atoms with Crippen LogP contribution in [0.5, 0.6) is 0 Å². The Bertz CT molecular complexity index is 1470. The number of hydrogen-bond acceptors (Lipinski definition) is 5. The Labute approximate surface area is 275 Å². The normalized spacial score (nSPS) is 23.5. The van der Waals surface area contributed by atoms with Gasteiger partial charge in [-0.05, 0) is 99.7 Å². The van der Waals surface area contributed by atoms with E-state index in [2.05, 4.69) is 51.2 Å².